The molecule has 2 aromatic rings. The molecule has 1 unspecified atom stereocenters. The number of hydrogen-bond donors (Lipinski definition) is 1. The Balaban J connectivity index is 1.33. The average molecular weight is 344 g/mol. The fourth-order valence-electron chi connectivity index (χ4n) is 3.70. The fraction of sp³-hybridized carbons (Fsp3) is 0.688. The van der Waals surface area contributed by atoms with Gasteiger partial charge in [-0.15, -0.1) is 14.8 Å². The number of carbonyl (C=O) groups excluding carboxylic acids is 1. The lowest BCUT2D eigenvalue weighted by molar-refractivity contribution is -0.126. The molecule has 2 aromatic heterocycles. The monoisotopic (exact) mass is 344 g/mol. The molecule has 0 spiro atoms. The summed E-state index contributed by atoms with van der Waals surface area (Å²) >= 11 is 0. The van der Waals surface area contributed by atoms with E-state index in [1.165, 1.54) is 17.5 Å². The Morgan fingerprint density at radius 2 is 1.96 bits per heavy atom. The molecule has 25 heavy (non-hydrogen) atoms. The Labute approximate surface area is 146 Å². The number of anilines is 1. The molecule has 2 aliphatic rings. The van der Waals surface area contributed by atoms with Gasteiger partial charge in [0.2, 0.25) is 5.91 Å². The molecule has 9 heteroatoms. The minimum absolute atomic E-state index is 0.0855. The number of carbonyl (C=O) groups is 1. The van der Waals surface area contributed by atoms with Gasteiger partial charge in [-0.1, -0.05) is 12.8 Å². The Kier molecular flexibility index (Phi) is 4.48. The van der Waals surface area contributed by atoms with E-state index in [0.717, 1.165) is 44.8 Å². The quantitative estimate of drug-likeness (QED) is 0.840. The van der Waals surface area contributed by atoms with Gasteiger partial charge < -0.3 is 10.2 Å². The Bertz CT molecular complexity index is 733. The van der Waals surface area contributed by atoms with Crippen molar-refractivity contribution in [1.29, 1.82) is 0 Å². The van der Waals surface area contributed by atoms with Crippen LogP contribution in [0.4, 0.5) is 5.82 Å². The van der Waals surface area contributed by atoms with Gasteiger partial charge in [-0.05, 0) is 42.3 Å². The van der Waals surface area contributed by atoms with Crippen LogP contribution in [0.5, 0.6) is 0 Å². The molecule has 0 bridgehead atoms. The first-order valence-electron chi connectivity index (χ1n) is 9.05. The van der Waals surface area contributed by atoms with Crippen LogP contribution < -0.4 is 10.2 Å². The molecule has 9 nitrogen and oxygen atoms in total. The molecule has 1 aliphatic carbocycles. The molecule has 0 radical (unpaired) electrons. The van der Waals surface area contributed by atoms with Gasteiger partial charge in [0, 0.05) is 32.2 Å². The Hall–Kier alpha value is -2.29. The van der Waals surface area contributed by atoms with Crippen molar-refractivity contribution in [2.45, 2.75) is 44.7 Å². The third-order valence-corrected chi connectivity index (χ3v) is 5.32. The van der Waals surface area contributed by atoms with Crippen LogP contribution in [-0.4, -0.2) is 74.3 Å². The van der Waals surface area contributed by atoms with Crippen molar-refractivity contribution in [1.82, 2.24) is 35.5 Å². The third-order valence-electron chi connectivity index (χ3n) is 5.32. The van der Waals surface area contributed by atoms with Crippen LogP contribution in [0.3, 0.4) is 0 Å². The normalized spacial score (nSPS) is 20.9. The number of nitrogens with one attached hydrogen (secondary N) is 1. The molecule has 1 N–H and O–H groups in total. The number of tetrazole rings is 1. The number of amides is 1. The Morgan fingerprint density at radius 1 is 1.20 bits per heavy atom. The maximum absolute atomic E-state index is 12.5. The molecular formula is C16H24N8O. The first kappa shape index (κ1) is 16.2. The number of fused-ring (bicyclic) bond motifs is 1. The van der Waals surface area contributed by atoms with Gasteiger partial charge in [0.05, 0.1) is 6.04 Å². The summed E-state index contributed by atoms with van der Waals surface area (Å²) in [4.78, 5) is 16.9. The summed E-state index contributed by atoms with van der Waals surface area (Å²) in [5, 5.41) is 19.0. The number of piperazine rings is 1. The third kappa shape index (κ3) is 3.41. The van der Waals surface area contributed by atoms with Crippen LogP contribution >= 0.6 is 0 Å². The lowest BCUT2D eigenvalue weighted by Crippen LogP contribution is -2.55. The summed E-state index contributed by atoms with van der Waals surface area (Å²) in [7, 11) is 0. The second kappa shape index (κ2) is 6.91. The fourth-order valence-corrected chi connectivity index (χ4v) is 3.70. The van der Waals surface area contributed by atoms with Crippen molar-refractivity contribution in [2.75, 3.05) is 31.1 Å². The zero-order valence-corrected chi connectivity index (χ0v) is 14.5. The molecule has 134 valence electrons. The van der Waals surface area contributed by atoms with E-state index in [-0.39, 0.29) is 11.9 Å². The predicted octanol–water partition coefficient (Wildman–Crippen LogP) is 0.0886. The molecule has 1 amide bonds. The van der Waals surface area contributed by atoms with Gasteiger partial charge in [-0.25, -0.2) is 0 Å². The van der Waals surface area contributed by atoms with Gasteiger partial charge in [-0.3, -0.25) is 9.69 Å². The molecular weight excluding hydrogens is 320 g/mol. The minimum atomic E-state index is -0.0855. The van der Waals surface area contributed by atoms with Crippen LogP contribution in [0.1, 0.15) is 32.6 Å². The van der Waals surface area contributed by atoms with Crippen molar-refractivity contribution < 1.29 is 4.79 Å². The smallest absolute Gasteiger partial charge is 0.237 e. The van der Waals surface area contributed by atoms with Gasteiger partial charge in [0.1, 0.15) is 0 Å². The van der Waals surface area contributed by atoms with E-state index < -0.39 is 0 Å². The highest BCUT2D eigenvalue weighted by Crippen LogP contribution is 2.19. The highest BCUT2D eigenvalue weighted by Gasteiger charge is 2.28. The zero-order chi connectivity index (χ0) is 17.2. The van der Waals surface area contributed by atoms with Crippen molar-refractivity contribution in [3.8, 4) is 0 Å². The van der Waals surface area contributed by atoms with E-state index in [4.69, 9.17) is 0 Å². The van der Waals surface area contributed by atoms with Crippen LogP contribution in [0.2, 0.25) is 0 Å². The van der Waals surface area contributed by atoms with Crippen LogP contribution in [0.15, 0.2) is 12.1 Å². The van der Waals surface area contributed by atoms with E-state index in [1.54, 1.807) is 0 Å². The second-order valence-electron chi connectivity index (χ2n) is 6.91. The molecule has 1 saturated heterocycles. The van der Waals surface area contributed by atoms with Crippen LogP contribution in [0.25, 0.3) is 5.65 Å². The molecule has 3 heterocycles. The minimum Gasteiger partial charge on any atom is -0.353 e. The highest BCUT2D eigenvalue weighted by atomic mass is 16.2. The standard InChI is InChI=1S/C16H24N8O/c1-12(16(25)17-13-4-2-3-5-13)22-8-10-23(11-9-22)15-7-6-14-18-20-21-24(14)19-15/h6-7,12-13H,2-5,8-11H2,1H3,(H,17,25). The molecule has 2 fully saturated rings. The highest BCUT2D eigenvalue weighted by molar-refractivity contribution is 5.81. The summed E-state index contributed by atoms with van der Waals surface area (Å²) in [6.07, 6.45) is 4.71. The van der Waals surface area contributed by atoms with Crippen LogP contribution in [-0.2, 0) is 4.79 Å². The first-order valence-corrected chi connectivity index (χ1v) is 9.05. The van der Waals surface area contributed by atoms with Gasteiger partial charge >= 0.3 is 0 Å². The lowest BCUT2D eigenvalue weighted by Gasteiger charge is -2.38. The van der Waals surface area contributed by atoms with Gasteiger partial charge in [0.15, 0.2) is 11.5 Å². The largest absolute Gasteiger partial charge is 0.353 e. The lowest BCUT2D eigenvalue weighted by atomic mass is 10.2. The number of hydrogen-bond acceptors (Lipinski definition) is 7. The van der Waals surface area contributed by atoms with E-state index in [2.05, 4.69) is 35.7 Å². The molecule has 0 aromatic carbocycles. The molecule has 1 saturated carbocycles. The zero-order valence-electron chi connectivity index (χ0n) is 14.5. The van der Waals surface area contributed by atoms with E-state index in [1.807, 2.05) is 19.1 Å². The maximum atomic E-state index is 12.5. The van der Waals surface area contributed by atoms with Crippen molar-refractivity contribution >= 4 is 17.4 Å². The molecule has 1 aliphatic heterocycles. The number of aromatic nitrogens is 5. The molecule has 4 rings (SSSR count). The summed E-state index contributed by atoms with van der Waals surface area (Å²) in [5.74, 6) is 1.02. The molecule has 1 atom stereocenters. The maximum Gasteiger partial charge on any atom is 0.237 e. The van der Waals surface area contributed by atoms with E-state index in [9.17, 15) is 4.79 Å². The average Bonchev–Trinajstić information content (AvgIpc) is 3.32. The van der Waals surface area contributed by atoms with Crippen molar-refractivity contribution in [3.05, 3.63) is 12.1 Å². The van der Waals surface area contributed by atoms with Crippen molar-refractivity contribution in [2.24, 2.45) is 0 Å². The number of nitrogens with zero attached hydrogens (tertiary/aromatic N) is 7. The summed E-state index contributed by atoms with van der Waals surface area (Å²) in [5.41, 5.74) is 0.639. The topological polar surface area (TPSA) is 91.5 Å². The van der Waals surface area contributed by atoms with Crippen molar-refractivity contribution in [3.63, 3.8) is 0 Å². The number of rotatable bonds is 4. The van der Waals surface area contributed by atoms with Crippen LogP contribution in [0, 0.1) is 0 Å². The Morgan fingerprint density at radius 3 is 2.72 bits per heavy atom. The summed E-state index contributed by atoms with van der Waals surface area (Å²) in [6, 6.07) is 4.10. The SMILES string of the molecule is CC(C(=O)NC1CCCC1)N1CCN(c2ccc3nnnn3n2)CC1. The second-order valence-corrected chi connectivity index (χ2v) is 6.91. The van der Waals surface area contributed by atoms with E-state index in [0.29, 0.717) is 11.7 Å². The van der Waals surface area contributed by atoms with Gasteiger partial charge in [0.25, 0.3) is 0 Å². The predicted molar refractivity (Wildman–Crippen MR) is 92.2 cm³/mol. The first-order chi connectivity index (χ1) is 12.2. The van der Waals surface area contributed by atoms with E-state index >= 15 is 0 Å². The van der Waals surface area contributed by atoms with Gasteiger partial charge in [-0.2, -0.15) is 0 Å². The summed E-state index contributed by atoms with van der Waals surface area (Å²) in [6.45, 7) is 5.36. The summed E-state index contributed by atoms with van der Waals surface area (Å²) < 4.78 is 1.44.